The number of carbonyl (C=O) groups excluding carboxylic acids is 1. The zero-order valence-electron chi connectivity index (χ0n) is 12.0. The Kier molecular flexibility index (Phi) is 4.59. The van der Waals surface area contributed by atoms with E-state index in [4.69, 9.17) is 15.6 Å². The number of nitrogens with two attached hydrogens (primary N) is 1. The molecular formula is C15H20N2O4. The molecule has 0 saturated carbocycles. The van der Waals surface area contributed by atoms with Crippen LogP contribution in [0, 0.1) is 12.3 Å². The van der Waals surface area contributed by atoms with Crippen molar-refractivity contribution in [2.75, 3.05) is 25.1 Å². The molecule has 1 aromatic carbocycles. The van der Waals surface area contributed by atoms with E-state index in [-0.39, 0.29) is 18.0 Å². The van der Waals surface area contributed by atoms with Gasteiger partial charge < -0.3 is 20.9 Å². The highest BCUT2D eigenvalue weighted by atomic mass is 16.5. The lowest BCUT2D eigenvalue weighted by Gasteiger charge is -2.34. The molecule has 1 fully saturated rings. The lowest BCUT2D eigenvalue weighted by Crippen LogP contribution is -2.46. The van der Waals surface area contributed by atoms with Crippen molar-refractivity contribution in [2.24, 2.45) is 11.1 Å². The largest absolute Gasteiger partial charge is 0.478 e. The monoisotopic (exact) mass is 292 g/mol. The molecule has 0 radical (unpaired) electrons. The number of carboxylic acid groups (broad SMARTS) is 1. The fourth-order valence-corrected chi connectivity index (χ4v) is 2.43. The summed E-state index contributed by atoms with van der Waals surface area (Å²) in [7, 11) is 0. The van der Waals surface area contributed by atoms with E-state index < -0.39 is 11.4 Å². The van der Waals surface area contributed by atoms with Crippen molar-refractivity contribution in [3.63, 3.8) is 0 Å². The van der Waals surface area contributed by atoms with Gasteiger partial charge in [-0.1, -0.05) is 6.07 Å². The van der Waals surface area contributed by atoms with Crippen molar-refractivity contribution in [1.82, 2.24) is 0 Å². The number of carbonyl (C=O) groups is 2. The summed E-state index contributed by atoms with van der Waals surface area (Å²) in [5, 5.41) is 11.9. The number of carboxylic acids is 1. The molecule has 0 spiro atoms. The molecule has 0 bridgehead atoms. The van der Waals surface area contributed by atoms with E-state index in [2.05, 4.69) is 5.32 Å². The van der Waals surface area contributed by atoms with Crippen LogP contribution in [0.2, 0.25) is 0 Å². The van der Waals surface area contributed by atoms with Gasteiger partial charge in [0.25, 0.3) is 0 Å². The second kappa shape index (κ2) is 6.24. The Balaban J connectivity index is 2.22. The average Bonchev–Trinajstić information content (AvgIpc) is 2.49. The van der Waals surface area contributed by atoms with Gasteiger partial charge in [-0.25, -0.2) is 4.79 Å². The molecule has 1 aliphatic heterocycles. The quantitative estimate of drug-likeness (QED) is 0.778. The van der Waals surface area contributed by atoms with Crippen molar-refractivity contribution < 1.29 is 19.4 Å². The molecule has 1 saturated heterocycles. The molecule has 1 aromatic rings. The van der Waals surface area contributed by atoms with E-state index in [1.807, 2.05) is 6.92 Å². The molecule has 1 aliphatic rings. The molecule has 1 amide bonds. The van der Waals surface area contributed by atoms with Crippen LogP contribution in [0.4, 0.5) is 5.69 Å². The van der Waals surface area contributed by atoms with Gasteiger partial charge >= 0.3 is 5.97 Å². The molecule has 0 aromatic heterocycles. The summed E-state index contributed by atoms with van der Waals surface area (Å²) in [6, 6.07) is 4.66. The Morgan fingerprint density at radius 2 is 2.05 bits per heavy atom. The van der Waals surface area contributed by atoms with Gasteiger partial charge in [-0.2, -0.15) is 0 Å². The lowest BCUT2D eigenvalue weighted by atomic mass is 9.79. The van der Waals surface area contributed by atoms with E-state index in [0.29, 0.717) is 31.7 Å². The number of ether oxygens (including phenoxy) is 1. The van der Waals surface area contributed by atoms with E-state index in [9.17, 15) is 9.59 Å². The van der Waals surface area contributed by atoms with Gasteiger partial charge in [-0.3, -0.25) is 4.79 Å². The van der Waals surface area contributed by atoms with Crippen LogP contribution in [-0.4, -0.2) is 36.7 Å². The highest BCUT2D eigenvalue weighted by Gasteiger charge is 2.38. The fraction of sp³-hybridized carbons (Fsp3) is 0.467. The Bertz CT molecular complexity index is 551. The first-order valence-corrected chi connectivity index (χ1v) is 6.92. The SMILES string of the molecule is Cc1ccc(C(=O)O)cc1NC(=O)C1(CN)CCOCC1. The molecule has 0 unspecified atom stereocenters. The molecule has 6 heteroatoms. The highest BCUT2D eigenvalue weighted by molar-refractivity contribution is 5.98. The number of hydrogen-bond donors (Lipinski definition) is 3. The molecule has 2 rings (SSSR count). The molecule has 0 aliphatic carbocycles. The molecular weight excluding hydrogens is 272 g/mol. The molecule has 1 heterocycles. The normalized spacial score (nSPS) is 17.2. The highest BCUT2D eigenvalue weighted by Crippen LogP contribution is 2.31. The van der Waals surface area contributed by atoms with Gasteiger partial charge in [-0.15, -0.1) is 0 Å². The number of hydrogen-bond acceptors (Lipinski definition) is 4. The van der Waals surface area contributed by atoms with Crippen molar-refractivity contribution in [3.05, 3.63) is 29.3 Å². The Morgan fingerprint density at radius 1 is 1.38 bits per heavy atom. The van der Waals surface area contributed by atoms with Crippen LogP contribution in [0.5, 0.6) is 0 Å². The van der Waals surface area contributed by atoms with E-state index >= 15 is 0 Å². The van der Waals surface area contributed by atoms with E-state index in [0.717, 1.165) is 5.56 Å². The summed E-state index contributed by atoms with van der Waals surface area (Å²) < 4.78 is 5.29. The number of nitrogens with one attached hydrogen (secondary N) is 1. The Hall–Kier alpha value is -1.92. The zero-order chi connectivity index (χ0) is 15.5. The van der Waals surface area contributed by atoms with E-state index in [1.54, 1.807) is 6.07 Å². The van der Waals surface area contributed by atoms with Gasteiger partial charge in [0.2, 0.25) is 5.91 Å². The first-order valence-electron chi connectivity index (χ1n) is 6.92. The number of amides is 1. The number of benzene rings is 1. The summed E-state index contributed by atoms with van der Waals surface area (Å²) in [4.78, 5) is 23.6. The van der Waals surface area contributed by atoms with Crippen molar-refractivity contribution in [3.8, 4) is 0 Å². The topological polar surface area (TPSA) is 102 Å². The third kappa shape index (κ3) is 3.22. The number of anilines is 1. The summed E-state index contributed by atoms with van der Waals surface area (Å²) in [6.07, 6.45) is 1.15. The van der Waals surface area contributed by atoms with Gasteiger partial charge in [-0.05, 0) is 37.5 Å². The molecule has 114 valence electrons. The maximum atomic E-state index is 12.6. The molecule has 6 nitrogen and oxygen atoms in total. The summed E-state index contributed by atoms with van der Waals surface area (Å²) in [6.45, 7) is 3.09. The second-order valence-electron chi connectivity index (χ2n) is 5.39. The van der Waals surface area contributed by atoms with Crippen LogP contribution in [0.1, 0.15) is 28.8 Å². The van der Waals surface area contributed by atoms with E-state index in [1.165, 1.54) is 12.1 Å². The minimum absolute atomic E-state index is 0.143. The average molecular weight is 292 g/mol. The predicted octanol–water partition coefficient (Wildman–Crippen LogP) is 1.39. The van der Waals surface area contributed by atoms with Crippen molar-refractivity contribution in [1.29, 1.82) is 0 Å². The van der Waals surface area contributed by atoms with Crippen LogP contribution >= 0.6 is 0 Å². The first kappa shape index (κ1) is 15.5. The third-order valence-electron chi connectivity index (χ3n) is 4.06. The van der Waals surface area contributed by atoms with Crippen molar-refractivity contribution in [2.45, 2.75) is 19.8 Å². The predicted molar refractivity (Wildman–Crippen MR) is 78.3 cm³/mol. The fourth-order valence-electron chi connectivity index (χ4n) is 2.43. The molecule has 21 heavy (non-hydrogen) atoms. The minimum Gasteiger partial charge on any atom is -0.478 e. The van der Waals surface area contributed by atoms with Crippen LogP contribution in [-0.2, 0) is 9.53 Å². The summed E-state index contributed by atoms with van der Waals surface area (Å²) >= 11 is 0. The Morgan fingerprint density at radius 3 is 2.62 bits per heavy atom. The van der Waals surface area contributed by atoms with Gasteiger partial charge in [0.15, 0.2) is 0 Å². The van der Waals surface area contributed by atoms with Crippen molar-refractivity contribution >= 4 is 17.6 Å². The minimum atomic E-state index is -1.02. The van der Waals surface area contributed by atoms with Gasteiger partial charge in [0.05, 0.1) is 11.0 Å². The summed E-state index contributed by atoms with van der Waals surface area (Å²) in [5.74, 6) is -1.19. The summed E-state index contributed by atoms with van der Waals surface area (Å²) in [5.41, 5.74) is 6.63. The molecule has 4 N–H and O–H groups in total. The van der Waals surface area contributed by atoms with Gasteiger partial charge in [0.1, 0.15) is 0 Å². The first-order chi connectivity index (χ1) is 9.98. The van der Waals surface area contributed by atoms with Crippen LogP contribution in [0.25, 0.3) is 0 Å². The second-order valence-corrected chi connectivity index (χ2v) is 5.39. The maximum absolute atomic E-state index is 12.6. The third-order valence-corrected chi connectivity index (χ3v) is 4.06. The van der Waals surface area contributed by atoms with Gasteiger partial charge in [0, 0.05) is 25.4 Å². The number of rotatable bonds is 4. The molecule has 0 atom stereocenters. The zero-order valence-corrected chi connectivity index (χ0v) is 12.0. The lowest BCUT2D eigenvalue weighted by molar-refractivity contribution is -0.130. The van der Waals surface area contributed by atoms with Crippen LogP contribution in [0.15, 0.2) is 18.2 Å². The number of aryl methyl sites for hydroxylation is 1. The Labute approximate surface area is 123 Å². The number of aromatic carboxylic acids is 1. The van der Waals surface area contributed by atoms with Crippen LogP contribution in [0.3, 0.4) is 0 Å². The standard InChI is InChI=1S/C15H20N2O4/c1-10-2-3-11(13(18)19)8-12(10)17-14(20)15(9-16)4-6-21-7-5-15/h2-3,8H,4-7,9,16H2,1H3,(H,17,20)(H,18,19). The maximum Gasteiger partial charge on any atom is 0.335 e. The smallest absolute Gasteiger partial charge is 0.335 e. The van der Waals surface area contributed by atoms with Crippen LogP contribution < -0.4 is 11.1 Å².